The van der Waals surface area contributed by atoms with Gasteiger partial charge in [-0.25, -0.2) is 0 Å². The van der Waals surface area contributed by atoms with Crippen molar-refractivity contribution in [1.29, 1.82) is 0 Å². The Balaban J connectivity index is 1.66. The van der Waals surface area contributed by atoms with E-state index in [-0.39, 0.29) is 29.7 Å². The van der Waals surface area contributed by atoms with Crippen LogP contribution in [0.25, 0.3) is 0 Å². The molecule has 3 unspecified atom stereocenters. The van der Waals surface area contributed by atoms with Crippen LogP contribution in [0.3, 0.4) is 0 Å². The van der Waals surface area contributed by atoms with Gasteiger partial charge in [-0.2, -0.15) is 0 Å². The van der Waals surface area contributed by atoms with Crippen molar-refractivity contribution in [2.24, 2.45) is 11.8 Å². The van der Waals surface area contributed by atoms with Crippen LogP contribution in [0.15, 0.2) is 30.3 Å². The Morgan fingerprint density at radius 1 is 1.04 bits per heavy atom. The fourth-order valence-corrected chi connectivity index (χ4v) is 4.87. The number of aliphatic hydroxyl groups is 1. The number of hydrogen-bond donors (Lipinski definition) is 2. The molecule has 3 atom stereocenters. The van der Waals surface area contributed by atoms with Crippen molar-refractivity contribution < 1.29 is 14.7 Å². The van der Waals surface area contributed by atoms with Gasteiger partial charge in [0.05, 0.1) is 17.7 Å². The normalized spacial score (nSPS) is 31.4. The van der Waals surface area contributed by atoms with Crippen LogP contribution in [0.2, 0.25) is 0 Å². The van der Waals surface area contributed by atoms with Gasteiger partial charge in [-0.15, -0.1) is 0 Å². The summed E-state index contributed by atoms with van der Waals surface area (Å²) in [7, 11) is 0. The van der Waals surface area contributed by atoms with Crippen LogP contribution in [0.1, 0.15) is 69.9 Å². The van der Waals surface area contributed by atoms with Gasteiger partial charge in [-0.05, 0) is 44.6 Å². The molecule has 3 fully saturated rings. The van der Waals surface area contributed by atoms with E-state index in [0.717, 1.165) is 44.1 Å². The Hall–Kier alpha value is -1.88. The Bertz CT molecular complexity index is 708. The minimum absolute atomic E-state index is 0.0122. The van der Waals surface area contributed by atoms with E-state index in [2.05, 4.69) is 5.32 Å². The van der Waals surface area contributed by atoms with Crippen LogP contribution in [-0.2, 0) is 9.59 Å². The van der Waals surface area contributed by atoms with E-state index in [1.807, 2.05) is 35.2 Å². The minimum atomic E-state index is -1.05. The number of piperidine rings is 1. The number of amides is 2. The van der Waals surface area contributed by atoms with Crippen molar-refractivity contribution in [1.82, 2.24) is 10.2 Å². The molecule has 2 N–H and O–H groups in total. The van der Waals surface area contributed by atoms with Gasteiger partial charge in [0.25, 0.3) is 0 Å². The molecule has 28 heavy (non-hydrogen) atoms. The monoisotopic (exact) mass is 384 g/mol. The van der Waals surface area contributed by atoms with E-state index in [1.165, 1.54) is 6.42 Å². The van der Waals surface area contributed by atoms with Crippen LogP contribution in [0.4, 0.5) is 0 Å². The molecule has 2 aliphatic carbocycles. The molecule has 3 aliphatic rings. The predicted molar refractivity (Wildman–Crippen MR) is 107 cm³/mol. The first-order valence-corrected chi connectivity index (χ1v) is 10.9. The smallest absolute Gasteiger partial charge is 0.226 e. The number of benzene rings is 1. The second-order valence-electron chi connectivity index (χ2n) is 9.09. The molecule has 0 radical (unpaired) electrons. The van der Waals surface area contributed by atoms with Crippen molar-refractivity contribution in [2.75, 3.05) is 6.54 Å². The van der Waals surface area contributed by atoms with Crippen LogP contribution in [0, 0.1) is 11.8 Å². The molecule has 1 heterocycles. The number of hydrogen-bond acceptors (Lipinski definition) is 3. The maximum Gasteiger partial charge on any atom is 0.226 e. The summed E-state index contributed by atoms with van der Waals surface area (Å²) in [4.78, 5) is 28.0. The second-order valence-corrected chi connectivity index (χ2v) is 9.09. The third kappa shape index (κ3) is 3.95. The van der Waals surface area contributed by atoms with E-state index in [0.29, 0.717) is 13.0 Å². The summed E-state index contributed by atoms with van der Waals surface area (Å²) in [6.45, 7) is 2.32. The molecular weight excluding hydrogens is 352 g/mol. The van der Waals surface area contributed by atoms with E-state index < -0.39 is 11.6 Å². The summed E-state index contributed by atoms with van der Waals surface area (Å²) in [6, 6.07) is 9.05. The first-order chi connectivity index (χ1) is 13.5. The van der Waals surface area contributed by atoms with E-state index in [9.17, 15) is 14.7 Å². The highest BCUT2D eigenvalue weighted by atomic mass is 16.3. The maximum absolute atomic E-state index is 13.5. The minimum Gasteiger partial charge on any atom is -0.388 e. The lowest BCUT2D eigenvalue weighted by Crippen LogP contribution is -2.64. The Labute approximate surface area is 167 Å². The highest BCUT2D eigenvalue weighted by Crippen LogP contribution is 2.40. The zero-order valence-corrected chi connectivity index (χ0v) is 16.8. The lowest BCUT2D eigenvalue weighted by Gasteiger charge is -2.50. The van der Waals surface area contributed by atoms with Crippen molar-refractivity contribution in [3.8, 4) is 0 Å². The van der Waals surface area contributed by atoms with Crippen LogP contribution < -0.4 is 5.32 Å². The first-order valence-electron chi connectivity index (χ1n) is 10.9. The molecule has 1 aliphatic heterocycles. The van der Waals surface area contributed by atoms with Gasteiger partial charge in [0, 0.05) is 18.4 Å². The fraction of sp³-hybridized carbons (Fsp3) is 0.652. The van der Waals surface area contributed by atoms with Gasteiger partial charge in [0.15, 0.2) is 0 Å². The molecular formula is C23H32N2O3. The summed E-state index contributed by atoms with van der Waals surface area (Å²) in [5.41, 5.74) is -0.0678. The third-order valence-corrected chi connectivity index (χ3v) is 6.80. The number of rotatable bonds is 4. The number of nitrogens with zero attached hydrogens (tertiary/aromatic N) is 1. The average molecular weight is 385 g/mol. The number of nitrogens with one attached hydrogen (secondary N) is 1. The molecule has 1 aromatic rings. The van der Waals surface area contributed by atoms with Gasteiger partial charge >= 0.3 is 0 Å². The first kappa shape index (κ1) is 19.4. The van der Waals surface area contributed by atoms with Crippen LogP contribution in [0.5, 0.6) is 0 Å². The van der Waals surface area contributed by atoms with Gasteiger partial charge < -0.3 is 15.3 Å². The molecule has 0 bridgehead atoms. The Kier molecular flexibility index (Phi) is 5.46. The molecule has 152 valence electrons. The largest absolute Gasteiger partial charge is 0.388 e. The maximum atomic E-state index is 13.5. The van der Waals surface area contributed by atoms with Gasteiger partial charge in [-0.3, -0.25) is 9.59 Å². The predicted octanol–water partition coefficient (Wildman–Crippen LogP) is 3.19. The zero-order valence-electron chi connectivity index (χ0n) is 16.8. The molecule has 5 nitrogen and oxygen atoms in total. The summed E-state index contributed by atoms with van der Waals surface area (Å²) in [5, 5.41) is 14.3. The molecule has 0 aromatic heterocycles. The van der Waals surface area contributed by atoms with E-state index >= 15 is 0 Å². The molecule has 0 spiro atoms. The van der Waals surface area contributed by atoms with Crippen molar-refractivity contribution in [2.45, 2.75) is 76.0 Å². The standard InChI is InChI=1S/C23H32N2O3/c1-23(28)14-15-25(22(27)18-10-6-3-7-11-18)19(16-8-4-2-5-9-16)20(23)24-21(26)17-12-13-17/h2,4-5,8-9,17-20,28H,3,6-7,10-15H2,1H3,(H,24,26). The second kappa shape index (κ2) is 7.86. The van der Waals surface area contributed by atoms with E-state index in [4.69, 9.17) is 0 Å². The van der Waals surface area contributed by atoms with Crippen LogP contribution in [-0.4, -0.2) is 40.0 Å². The number of carbonyl (C=O) groups is 2. The quantitative estimate of drug-likeness (QED) is 0.838. The molecule has 2 amide bonds. The highest BCUT2D eigenvalue weighted by Gasteiger charge is 2.49. The average Bonchev–Trinajstić information content (AvgIpc) is 3.55. The Morgan fingerprint density at radius 3 is 2.36 bits per heavy atom. The lowest BCUT2D eigenvalue weighted by atomic mass is 9.78. The van der Waals surface area contributed by atoms with Gasteiger partial charge in [-0.1, -0.05) is 49.6 Å². The van der Waals surface area contributed by atoms with Gasteiger partial charge in [0.2, 0.25) is 11.8 Å². The number of likely N-dealkylation sites (tertiary alicyclic amines) is 1. The summed E-state index contributed by atoms with van der Waals surface area (Å²) >= 11 is 0. The third-order valence-electron chi connectivity index (χ3n) is 6.80. The molecule has 1 saturated heterocycles. The SMILES string of the molecule is CC1(O)CCN(C(=O)C2CCCCC2)C(c2ccccc2)C1NC(=O)C1CC1. The molecule has 2 saturated carbocycles. The van der Waals surface area contributed by atoms with Crippen molar-refractivity contribution in [3.63, 3.8) is 0 Å². The van der Waals surface area contributed by atoms with Crippen LogP contribution >= 0.6 is 0 Å². The summed E-state index contributed by atoms with van der Waals surface area (Å²) < 4.78 is 0. The van der Waals surface area contributed by atoms with Gasteiger partial charge in [0.1, 0.15) is 0 Å². The van der Waals surface area contributed by atoms with E-state index in [1.54, 1.807) is 6.92 Å². The molecule has 1 aromatic carbocycles. The lowest BCUT2D eigenvalue weighted by molar-refractivity contribution is -0.151. The molecule has 5 heteroatoms. The fourth-order valence-electron chi connectivity index (χ4n) is 4.87. The summed E-state index contributed by atoms with van der Waals surface area (Å²) in [6.07, 6.45) is 7.65. The summed E-state index contributed by atoms with van der Waals surface area (Å²) in [5.74, 6) is 0.340. The molecule has 4 rings (SSSR count). The Morgan fingerprint density at radius 2 is 1.71 bits per heavy atom. The zero-order chi connectivity index (χ0) is 19.7. The van der Waals surface area contributed by atoms with Crippen molar-refractivity contribution >= 4 is 11.8 Å². The highest BCUT2D eigenvalue weighted by molar-refractivity contribution is 5.82. The van der Waals surface area contributed by atoms with Crippen molar-refractivity contribution in [3.05, 3.63) is 35.9 Å². The topological polar surface area (TPSA) is 69.6 Å². The number of carbonyl (C=O) groups excluding carboxylic acids is 2.